The third kappa shape index (κ3) is 1.61. The average Bonchev–Trinajstić information content (AvgIpc) is 2.71. The van der Waals surface area contributed by atoms with E-state index in [1.165, 1.54) is 16.7 Å². The number of thioether (sulfide) groups is 1. The summed E-state index contributed by atoms with van der Waals surface area (Å²) in [6, 6.07) is 0. The minimum atomic E-state index is -0.899. The van der Waals surface area contributed by atoms with Gasteiger partial charge in [0.25, 0.3) is 0 Å². The third-order valence-corrected chi connectivity index (χ3v) is 3.27. The quantitative estimate of drug-likeness (QED) is 0.668. The second kappa shape index (κ2) is 3.61. The summed E-state index contributed by atoms with van der Waals surface area (Å²) in [7, 11) is 0. The van der Waals surface area contributed by atoms with Crippen molar-refractivity contribution in [3.63, 3.8) is 0 Å². The van der Waals surface area contributed by atoms with Crippen molar-refractivity contribution in [2.24, 2.45) is 10.9 Å². The number of amides is 1. The first-order valence-corrected chi connectivity index (χ1v) is 5.37. The van der Waals surface area contributed by atoms with Gasteiger partial charge in [-0.2, -0.15) is 0 Å². The Morgan fingerprint density at radius 3 is 2.93 bits per heavy atom. The first-order chi connectivity index (χ1) is 6.68. The third-order valence-electron chi connectivity index (χ3n) is 2.27. The van der Waals surface area contributed by atoms with Gasteiger partial charge in [-0.3, -0.25) is 19.5 Å². The molecule has 1 N–H and O–H groups in total. The highest BCUT2D eigenvalue weighted by Crippen LogP contribution is 2.24. The highest BCUT2D eigenvalue weighted by atomic mass is 32.2. The Morgan fingerprint density at radius 2 is 2.43 bits per heavy atom. The Labute approximate surface area is 85.2 Å². The molecule has 1 atom stereocenters. The standard InChI is InChI=1S/C8H10N2O3S/c11-6-3-5(7(12)13)4-10(6)8-9-1-2-14-8/h5H,1-4H2,(H,12,13)/t5-/m0/s1. The Hall–Kier alpha value is -1.04. The van der Waals surface area contributed by atoms with E-state index >= 15 is 0 Å². The van der Waals surface area contributed by atoms with Crippen LogP contribution >= 0.6 is 11.8 Å². The Morgan fingerprint density at radius 1 is 1.64 bits per heavy atom. The lowest BCUT2D eigenvalue weighted by Crippen LogP contribution is -2.30. The van der Waals surface area contributed by atoms with E-state index in [-0.39, 0.29) is 18.9 Å². The molecule has 1 saturated heterocycles. The molecule has 1 fully saturated rings. The fourth-order valence-corrected chi connectivity index (χ4v) is 2.42. The van der Waals surface area contributed by atoms with Gasteiger partial charge in [0, 0.05) is 18.7 Å². The lowest BCUT2D eigenvalue weighted by molar-refractivity contribution is -0.141. The van der Waals surface area contributed by atoms with E-state index in [9.17, 15) is 9.59 Å². The second-order valence-corrected chi connectivity index (χ2v) is 4.32. The summed E-state index contributed by atoms with van der Waals surface area (Å²) in [6.07, 6.45) is 0.106. The predicted octanol–water partition coefficient (Wildman–Crippen LogP) is 0.0223. The van der Waals surface area contributed by atoms with Crippen molar-refractivity contribution in [3.8, 4) is 0 Å². The number of aliphatic imine (C=N–C) groups is 1. The summed E-state index contributed by atoms with van der Waals surface area (Å²) in [5.74, 6) is -0.696. The molecule has 1 amide bonds. The normalized spacial score (nSPS) is 26.9. The molecule has 0 aromatic rings. The summed E-state index contributed by atoms with van der Waals surface area (Å²) in [6.45, 7) is 1.00. The number of nitrogens with zero attached hydrogens (tertiary/aromatic N) is 2. The van der Waals surface area contributed by atoms with Crippen molar-refractivity contribution < 1.29 is 14.7 Å². The topological polar surface area (TPSA) is 70.0 Å². The van der Waals surface area contributed by atoms with E-state index in [4.69, 9.17) is 5.11 Å². The van der Waals surface area contributed by atoms with Gasteiger partial charge in [0.1, 0.15) is 0 Å². The molecule has 76 valence electrons. The van der Waals surface area contributed by atoms with Crippen LogP contribution in [0.4, 0.5) is 0 Å². The van der Waals surface area contributed by atoms with Crippen LogP contribution < -0.4 is 0 Å². The minimum absolute atomic E-state index is 0.106. The van der Waals surface area contributed by atoms with Gasteiger partial charge in [0.05, 0.1) is 12.5 Å². The Kier molecular flexibility index (Phi) is 2.45. The average molecular weight is 214 g/mol. The number of aliphatic carboxylic acids is 1. The zero-order chi connectivity index (χ0) is 10.1. The first-order valence-electron chi connectivity index (χ1n) is 4.39. The van der Waals surface area contributed by atoms with Crippen molar-refractivity contribution >= 4 is 28.8 Å². The van der Waals surface area contributed by atoms with Crippen LogP contribution in [-0.2, 0) is 9.59 Å². The van der Waals surface area contributed by atoms with Gasteiger partial charge in [0.2, 0.25) is 5.91 Å². The minimum Gasteiger partial charge on any atom is -0.481 e. The molecule has 0 aromatic heterocycles. The van der Waals surface area contributed by atoms with Gasteiger partial charge in [0.15, 0.2) is 5.17 Å². The lowest BCUT2D eigenvalue weighted by Gasteiger charge is -2.13. The maximum absolute atomic E-state index is 11.4. The molecule has 0 aromatic carbocycles. The van der Waals surface area contributed by atoms with Crippen LogP contribution in [0.5, 0.6) is 0 Å². The molecule has 2 rings (SSSR count). The fourth-order valence-electron chi connectivity index (χ4n) is 1.55. The zero-order valence-corrected chi connectivity index (χ0v) is 8.29. The molecule has 2 aliphatic heterocycles. The summed E-state index contributed by atoms with van der Waals surface area (Å²) in [4.78, 5) is 27.8. The summed E-state index contributed by atoms with van der Waals surface area (Å²) < 4.78 is 0. The van der Waals surface area contributed by atoms with Crippen LogP contribution in [0.15, 0.2) is 4.99 Å². The number of likely N-dealkylation sites (tertiary alicyclic amines) is 1. The van der Waals surface area contributed by atoms with Crippen molar-refractivity contribution in [2.75, 3.05) is 18.8 Å². The monoisotopic (exact) mass is 214 g/mol. The predicted molar refractivity (Wildman–Crippen MR) is 52.2 cm³/mol. The van der Waals surface area contributed by atoms with E-state index in [0.29, 0.717) is 5.17 Å². The van der Waals surface area contributed by atoms with Gasteiger partial charge in [-0.05, 0) is 0 Å². The van der Waals surface area contributed by atoms with Crippen LogP contribution in [-0.4, -0.2) is 45.9 Å². The van der Waals surface area contributed by atoms with Gasteiger partial charge >= 0.3 is 5.97 Å². The molecule has 0 unspecified atom stereocenters. The maximum atomic E-state index is 11.4. The molecule has 5 nitrogen and oxygen atoms in total. The van der Waals surface area contributed by atoms with E-state index in [2.05, 4.69) is 4.99 Å². The molecular weight excluding hydrogens is 204 g/mol. The van der Waals surface area contributed by atoms with Crippen molar-refractivity contribution in [1.82, 2.24) is 4.90 Å². The Bertz CT molecular complexity index is 316. The van der Waals surface area contributed by atoms with Gasteiger partial charge < -0.3 is 5.11 Å². The SMILES string of the molecule is O=C(O)[C@H]1CC(=O)N(C2=NCCS2)C1. The molecule has 0 spiro atoms. The molecule has 0 radical (unpaired) electrons. The van der Waals surface area contributed by atoms with E-state index < -0.39 is 11.9 Å². The van der Waals surface area contributed by atoms with E-state index in [0.717, 1.165) is 12.3 Å². The Balaban J connectivity index is 2.07. The van der Waals surface area contributed by atoms with Crippen LogP contribution in [0.3, 0.4) is 0 Å². The zero-order valence-electron chi connectivity index (χ0n) is 7.47. The molecule has 14 heavy (non-hydrogen) atoms. The van der Waals surface area contributed by atoms with Crippen molar-refractivity contribution in [1.29, 1.82) is 0 Å². The number of carbonyl (C=O) groups is 2. The molecule has 6 heteroatoms. The van der Waals surface area contributed by atoms with Crippen LogP contribution in [0.25, 0.3) is 0 Å². The number of carbonyl (C=O) groups excluding carboxylic acids is 1. The first kappa shape index (κ1) is 9.51. The van der Waals surface area contributed by atoms with Crippen molar-refractivity contribution in [3.05, 3.63) is 0 Å². The van der Waals surface area contributed by atoms with Gasteiger partial charge in [-0.1, -0.05) is 11.8 Å². The number of amidine groups is 1. The largest absolute Gasteiger partial charge is 0.481 e. The lowest BCUT2D eigenvalue weighted by atomic mass is 10.1. The van der Waals surface area contributed by atoms with E-state index in [1.807, 2.05) is 0 Å². The number of hydrogen-bond acceptors (Lipinski definition) is 4. The fraction of sp³-hybridized carbons (Fsp3) is 0.625. The summed E-state index contributed by atoms with van der Waals surface area (Å²) >= 11 is 1.52. The molecule has 0 aliphatic carbocycles. The molecule has 2 heterocycles. The van der Waals surface area contributed by atoms with Crippen LogP contribution in [0.1, 0.15) is 6.42 Å². The molecule has 0 bridgehead atoms. The summed E-state index contributed by atoms with van der Waals surface area (Å²) in [5.41, 5.74) is 0. The highest BCUT2D eigenvalue weighted by molar-refractivity contribution is 8.14. The molecular formula is C8H10N2O3S. The summed E-state index contributed by atoms with van der Waals surface area (Å²) in [5, 5.41) is 9.46. The van der Waals surface area contributed by atoms with Gasteiger partial charge in [-0.15, -0.1) is 0 Å². The number of carboxylic acid groups (broad SMARTS) is 1. The van der Waals surface area contributed by atoms with Crippen LogP contribution in [0.2, 0.25) is 0 Å². The smallest absolute Gasteiger partial charge is 0.308 e. The molecule has 0 saturated carbocycles. The highest BCUT2D eigenvalue weighted by Gasteiger charge is 2.37. The van der Waals surface area contributed by atoms with E-state index in [1.54, 1.807) is 0 Å². The van der Waals surface area contributed by atoms with Crippen molar-refractivity contribution in [2.45, 2.75) is 6.42 Å². The van der Waals surface area contributed by atoms with Gasteiger partial charge in [-0.25, -0.2) is 0 Å². The molecule has 2 aliphatic rings. The maximum Gasteiger partial charge on any atom is 0.308 e. The van der Waals surface area contributed by atoms with Crippen LogP contribution in [0, 0.1) is 5.92 Å². The number of rotatable bonds is 1. The number of hydrogen-bond donors (Lipinski definition) is 1. The number of carboxylic acids is 1. The second-order valence-electron chi connectivity index (χ2n) is 3.26.